The van der Waals surface area contributed by atoms with Gasteiger partial charge in [0.05, 0.1) is 11.6 Å². The second-order valence-electron chi connectivity index (χ2n) is 8.31. The predicted octanol–water partition coefficient (Wildman–Crippen LogP) is 3.99. The van der Waals surface area contributed by atoms with E-state index in [0.29, 0.717) is 32.5 Å². The van der Waals surface area contributed by atoms with E-state index in [2.05, 4.69) is 21.2 Å². The van der Waals surface area contributed by atoms with Crippen LogP contribution in [0.5, 0.6) is 0 Å². The fourth-order valence-electron chi connectivity index (χ4n) is 4.26. The number of hydrogen-bond acceptors (Lipinski definition) is 3. The van der Waals surface area contributed by atoms with Crippen molar-refractivity contribution in [3.8, 4) is 0 Å². The molecule has 2 aliphatic rings. The maximum atomic E-state index is 13.0. The van der Waals surface area contributed by atoms with Gasteiger partial charge in [-0.1, -0.05) is 29.8 Å². The highest BCUT2D eigenvalue weighted by Crippen LogP contribution is 2.29. The SMILES string of the molecule is Cc1ccc(N2CC(C(=O)N3CCC(C(=O)Nc4ccccc4Br)CC3)CC2=O)cc1. The number of para-hydroxylation sites is 1. The largest absolute Gasteiger partial charge is 0.342 e. The van der Waals surface area contributed by atoms with Gasteiger partial charge in [0, 0.05) is 42.1 Å². The summed E-state index contributed by atoms with van der Waals surface area (Å²) in [6, 6.07) is 15.3. The first kappa shape index (κ1) is 21.6. The van der Waals surface area contributed by atoms with E-state index in [-0.39, 0.29) is 36.0 Å². The summed E-state index contributed by atoms with van der Waals surface area (Å²) in [6.07, 6.45) is 1.50. The lowest BCUT2D eigenvalue weighted by atomic mass is 9.94. The molecule has 1 N–H and O–H groups in total. The van der Waals surface area contributed by atoms with Crippen molar-refractivity contribution < 1.29 is 14.4 Å². The summed E-state index contributed by atoms with van der Waals surface area (Å²) in [5.41, 5.74) is 2.73. The highest BCUT2D eigenvalue weighted by atomic mass is 79.9. The number of rotatable bonds is 4. The summed E-state index contributed by atoms with van der Waals surface area (Å²) in [7, 11) is 0. The van der Waals surface area contributed by atoms with Gasteiger partial charge in [0.1, 0.15) is 0 Å². The lowest BCUT2D eigenvalue weighted by Gasteiger charge is -2.33. The van der Waals surface area contributed by atoms with Crippen molar-refractivity contribution in [2.24, 2.45) is 11.8 Å². The van der Waals surface area contributed by atoms with E-state index in [9.17, 15) is 14.4 Å². The Hall–Kier alpha value is -2.67. The van der Waals surface area contributed by atoms with Crippen LogP contribution in [0.25, 0.3) is 0 Å². The van der Waals surface area contributed by atoms with Gasteiger partial charge in [0.15, 0.2) is 0 Å². The number of anilines is 2. The van der Waals surface area contributed by atoms with Crippen molar-refractivity contribution >= 4 is 45.0 Å². The molecule has 1 atom stereocenters. The Bertz CT molecular complexity index is 984. The lowest BCUT2D eigenvalue weighted by Crippen LogP contribution is -2.44. The van der Waals surface area contributed by atoms with E-state index in [1.807, 2.05) is 60.4 Å². The third kappa shape index (κ3) is 4.82. The summed E-state index contributed by atoms with van der Waals surface area (Å²) in [4.78, 5) is 41.7. The third-order valence-electron chi connectivity index (χ3n) is 6.13. The molecule has 2 saturated heterocycles. The molecule has 0 aromatic heterocycles. The van der Waals surface area contributed by atoms with Crippen LogP contribution in [0.2, 0.25) is 0 Å². The molecule has 2 fully saturated rings. The summed E-state index contributed by atoms with van der Waals surface area (Å²) in [5, 5.41) is 2.97. The molecule has 4 rings (SSSR count). The minimum atomic E-state index is -0.320. The molecule has 2 aromatic carbocycles. The number of nitrogens with one attached hydrogen (secondary N) is 1. The number of benzene rings is 2. The number of aryl methyl sites for hydroxylation is 1. The molecule has 7 heteroatoms. The van der Waals surface area contributed by atoms with E-state index in [1.54, 1.807) is 4.90 Å². The second kappa shape index (κ2) is 9.22. The number of carbonyl (C=O) groups is 3. The van der Waals surface area contributed by atoms with E-state index >= 15 is 0 Å². The van der Waals surface area contributed by atoms with Gasteiger partial charge in [0.2, 0.25) is 17.7 Å². The van der Waals surface area contributed by atoms with Crippen LogP contribution in [0.1, 0.15) is 24.8 Å². The summed E-state index contributed by atoms with van der Waals surface area (Å²) in [5.74, 6) is -0.442. The Morgan fingerprint density at radius 2 is 1.68 bits per heavy atom. The predicted molar refractivity (Wildman–Crippen MR) is 124 cm³/mol. The van der Waals surface area contributed by atoms with Crippen molar-refractivity contribution in [2.75, 3.05) is 29.9 Å². The maximum absolute atomic E-state index is 13.0. The Balaban J connectivity index is 1.31. The minimum Gasteiger partial charge on any atom is -0.342 e. The van der Waals surface area contributed by atoms with Gasteiger partial charge in [-0.3, -0.25) is 14.4 Å². The standard InChI is InChI=1S/C24H26BrN3O3/c1-16-6-8-19(9-7-16)28-15-18(14-22(28)29)24(31)27-12-10-17(11-13-27)23(30)26-21-5-3-2-4-20(21)25/h2-9,17-18H,10-15H2,1H3,(H,26,30). The van der Waals surface area contributed by atoms with Crippen molar-refractivity contribution in [3.05, 3.63) is 58.6 Å². The average Bonchev–Trinajstić information content (AvgIpc) is 3.17. The highest BCUT2D eigenvalue weighted by Gasteiger charge is 2.38. The number of likely N-dealkylation sites (tertiary alicyclic amines) is 1. The third-order valence-corrected chi connectivity index (χ3v) is 6.82. The maximum Gasteiger partial charge on any atom is 0.228 e. The van der Waals surface area contributed by atoms with Gasteiger partial charge >= 0.3 is 0 Å². The number of amides is 3. The van der Waals surface area contributed by atoms with Crippen LogP contribution in [-0.4, -0.2) is 42.3 Å². The molecule has 31 heavy (non-hydrogen) atoms. The first-order chi connectivity index (χ1) is 14.9. The van der Waals surface area contributed by atoms with Crippen LogP contribution in [0.3, 0.4) is 0 Å². The number of halogens is 1. The summed E-state index contributed by atoms with van der Waals surface area (Å²) >= 11 is 3.45. The van der Waals surface area contributed by atoms with Gasteiger partial charge in [-0.05, 0) is 60.0 Å². The second-order valence-corrected chi connectivity index (χ2v) is 9.16. The Morgan fingerprint density at radius 3 is 2.35 bits per heavy atom. The van der Waals surface area contributed by atoms with Gasteiger partial charge < -0.3 is 15.1 Å². The smallest absolute Gasteiger partial charge is 0.228 e. The van der Waals surface area contributed by atoms with Gasteiger partial charge in [-0.25, -0.2) is 0 Å². The molecule has 2 aromatic rings. The van der Waals surface area contributed by atoms with Crippen LogP contribution in [0.15, 0.2) is 53.0 Å². The normalized spacial score (nSPS) is 19.5. The fourth-order valence-corrected chi connectivity index (χ4v) is 4.65. The molecule has 162 valence electrons. The fraction of sp³-hybridized carbons (Fsp3) is 0.375. The zero-order chi connectivity index (χ0) is 22.0. The Labute approximate surface area is 190 Å². The zero-order valence-corrected chi connectivity index (χ0v) is 19.1. The van der Waals surface area contributed by atoms with Gasteiger partial charge in [0.25, 0.3) is 0 Å². The number of carbonyl (C=O) groups excluding carboxylic acids is 3. The Kier molecular flexibility index (Phi) is 6.41. The van der Waals surface area contributed by atoms with Crippen LogP contribution in [0.4, 0.5) is 11.4 Å². The van der Waals surface area contributed by atoms with Crippen LogP contribution < -0.4 is 10.2 Å². The molecular formula is C24H26BrN3O3. The Morgan fingerprint density at radius 1 is 1.00 bits per heavy atom. The van der Waals surface area contributed by atoms with Crippen molar-refractivity contribution in [1.29, 1.82) is 0 Å². The molecule has 2 heterocycles. The molecule has 1 unspecified atom stereocenters. The van der Waals surface area contributed by atoms with Crippen LogP contribution >= 0.6 is 15.9 Å². The first-order valence-electron chi connectivity index (χ1n) is 10.6. The number of hydrogen-bond donors (Lipinski definition) is 1. The van der Waals surface area contributed by atoms with Gasteiger partial charge in [-0.15, -0.1) is 0 Å². The molecule has 3 amide bonds. The molecule has 0 bridgehead atoms. The summed E-state index contributed by atoms with van der Waals surface area (Å²) < 4.78 is 0.847. The monoisotopic (exact) mass is 483 g/mol. The molecule has 0 radical (unpaired) electrons. The molecule has 2 aliphatic heterocycles. The topological polar surface area (TPSA) is 69.7 Å². The lowest BCUT2D eigenvalue weighted by molar-refractivity contribution is -0.138. The van der Waals surface area contributed by atoms with E-state index in [0.717, 1.165) is 21.4 Å². The summed E-state index contributed by atoms with van der Waals surface area (Å²) in [6.45, 7) is 3.51. The quantitative estimate of drug-likeness (QED) is 0.714. The molecule has 0 saturated carbocycles. The number of nitrogens with zero attached hydrogens (tertiary/aromatic N) is 2. The van der Waals surface area contributed by atoms with Crippen molar-refractivity contribution in [2.45, 2.75) is 26.2 Å². The van der Waals surface area contributed by atoms with Crippen LogP contribution in [-0.2, 0) is 14.4 Å². The first-order valence-corrected chi connectivity index (χ1v) is 11.4. The molecule has 0 spiro atoms. The average molecular weight is 484 g/mol. The minimum absolute atomic E-state index is 0.00935. The van der Waals surface area contributed by atoms with E-state index < -0.39 is 0 Å². The molecule has 0 aliphatic carbocycles. The van der Waals surface area contributed by atoms with Crippen molar-refractivity contribution in [3.63, 3.8) is 0 Å². The van der Waals surface area contributed by atoms with Gasteiger partial charge in [-0.2, -0.15) is 0 Å². The number of piperidine rings is 1. The highest BCUT2D eigenvalue weighted by molar-refractivity contribution is 9.10. The van der Waals surface area contributed by atoms with Crippen LogP contribution in [0, 0.1) is 18.8 Å². The zero-order valence-electron chi connectivity index (χ0n) is 17.5. The molecular weight excluding hydrogens is 458 g/mol. The van der Waals surface area contributed by atoms with E-state index in [1.165, 1.54) is 0 Å². The van der Waals surface area contributed by atoms with Crippen molar-refractivity contribution in [1.82, 2.24) is 4.90 Å². The van der Waals surface area contributed by atoms with E-state index in [4.69, 9.17) is 0 Å². The molecule has 6 nitrogen and oxygen atoms in total.